The van der Waals surface area contributed by atoms with E-state index in [1.54, 1.807) is 28.6 Å². The summed E-state index contributed by atoms with van der Waals surface area (Å²) < 4.78 is 32.8. The second-order valence-corrected chi connectivity index (χ2v) is 9.18. The van der Waals surface area contributed by atoms with Crippen molar-refractivity contribution in [3.8, 4) is 0 Å². The number of piperidine rings is 1. The fourth-order valence-corrected chi connectivity index (χ4v) is 5.87. The first-order valence-electron chi connectivity index (χ1n) is 8.43. The molecule has 2 aliphatic rings. The number of halogens is 1. The highest BCUT2D eigenvalue weighted by Gasteiger charge is 2.53. The molecule has 5 nitrogen and oxygen atoms in total. The lowest BCUT2D eigenvalue weighted by molar-refractivity contribution is -0.0576. The van der Waals surface area contributed by atoms with Crippen LogP contribution in [0.2, 0.25) is 5.02 Å². The van der Waals surface area contributed by atoms with Crippen molar-refractivity contribution in [1.29, 1.82) is 0 Å². The third-order valence-electron chi connectivity index (χ3n) is 5.30. The van der Waals surface area contributed by atoms with E-state index in [2.05, 4.69) is 11.9 Å². The number of hydrogen-bond acceptors (Lipinski definition) is 4. The van der Waals surface area contributed by atoms with Crippen LogP contribution in [0.15, 0.2) is 29.2 Å². The molecule has 2 aliphatic heterocycles. The number of likely N-dealkylation sites (N-methyl/N-ethyl adjacent to an activating group) is 1. The van der Waals surface area contributed by atoms with Gasteiger partial charge in [0.05, 0.1) is 5.02 Å². The summed E-state index contributed by atoms with van der Waals surface area (Å²) in [5.41, 5.74) is -0.0612. The fourth-order valence-electron chi connectivity index (χ4n) is 3.78. The first-order valence-corrected chi connectivity index (χ1v) is 10.2. The van der Waals surface area contributed by atoms with Crippen molar-refractivity contribution < 1.29 is 13.2 Å². The average Bonchev–Trinajstić information content (AvgIpc) is 2.52. The van der Waals surface area contributed by atoms with Gasteiger partial charge in [-0.15, -0.1) is 0 Å². The lowest BCUT2D eigenvalue weighted by Crippen LogP contribution is -2.72. The monoisotopic (exact) mass is 372 g/mol. The van der Waals surface area contributed by atoms with Crippen LogP contribution >= 0.6 is 11.6 Å². The van der Waals surface area contributed by atoms with Gasteiger partial charge in [-0.25, -0.2) is 8.42 Å². The van der Waals surface area contributed by atoms with Gasteiger partial charge in [0.15, 0.2) is 0 Å². The summed E-state index contributed by atoms with van der Waals surface area (Å²) >= 11 is 6.09. The summed E-state index contributed by atoms with van der Waals surface area (Å²) in [6.07, 6.45) is 2.09. The van der Waals surface area contributed by atoms with Crippen molar-refractivity contribution in [2.24, 2.45) is 5.92 Å². The third-order valence-corrected chi connectivity index (χ3v) is 7.60. The first-order chi connectivity index (χ1) is 11.4. The number of sulfonamides is 1. The third kappa shape index (κ3) is 3.22. The van der Waals surface area contributed by atoms with E-state index in [1.165, 1.54) is 0 Å². The second-order valence-electron chi connectivity index (χ2n) is 6.87. The van der Waals surface area contributed by atoms with Crippen LogP contribution in [0.4, 0.5) is 0 Å². The number of rotatable bonds is 5. The predicted octanol–water partition coefficient (Wildman–Crippen LogP) is 2.46. The summed E-state index contributed by atoms with van der Waals surface area (Å²) in [5, 5.41) is 0.282. The minimum absolute atomic E-state index is 0.0612. The second kappa shape index (κ2) is 6.92. The molecular formula is C17H25ClN2O3S. The highest BCUT2D eigenvalue weighted by molar-refractivity contribution is 7.89. The van der Waals surface area contributed by atoms with Crippen LogP contribution in [-0.4, -0.2) is 63.1 Å². The molecule has 0 radical (unpaired) electrons. The van der Waals surface area contributed by atoms with Crippen LogP contribution < -0.4 is 0 Å². The van der Waals surface area contributed by atoms with Gasteiger partial charge < -0.3 is 4.74 Å². The Morgan fingerprint density at radius 3 is 2.71 bits per heavy atom. The maximum atomic E-state index is 12.8. The Kier molecular flexibility index (Phi) is 5.23. The molecule has 2 saturated heterocycles. The standard InChI is InChI=1S/C17H25ClN2O3S/c1-3-23-11-14-8-9-19(2)17(10-14)12-20(13-17)24(21,22)16-7-5-4-6-15(16)18/h4-7,14H,3,8-13H2,1-2H3/t14-/m0/s1. The van der Waals surface area contributed by atoms with Gasteiger partial charge in [-0.05, 0) is 51.4 Å². The van der Waals surface area contributed by atoms with Crippen LogP contribution in [-0.2, 0) is 14.8 Å². The van der Waals surface area contributed by atoms with Crippen LogP contribution in [0, 0.1) is 5.92 Å². The van der Waals surface area contributed by atoms with Gasteiger partial charge in [0.2, 0.25) is 10.0 Å². The van der Waals surface area contributed by atoms with Crippen molar-refractivity contribution in [2.45, 2.75) is 30.2 Å². The van der Waals surface area contributed by atoms with Crippen LogP contribution in [0.3, 0.4) is 0 Å². The number of nitrogens with zero attached hydrogens (tertiary/aromatic N) is 2. The number of likely N-dealkylation sites (tertiary alicyclic amines) is 1. The Morgan fingerprint density at radius 1 is 1.33 bits per heavy atom. The fraction of sp³-hybridized carbons (Fsp3) is 0.647. The molecular weight excluding hydrogens is 348 g/mol. The molecule has 2 fully saturated rings. The molecule has 1 aromatic rings. The number of hydrogen-bond donors (Lipinski definition) is 0. The molecule has 3 rings (SSSR count). The van der Waals surface area contributed by atoms with E-state index in [0.29, 0.717) is 19.0 Å². The van der Waals surface area contributed by atoms with E-state index < -0.39 is 10.0 Å². The van der Waals surface area contributed by atoms with Crippen molar-refractivity contribution in [2.75, 3.05) is 39.9 Å². The van der Waals surface area contributed by atoms with Crippen LogP contribution in [0.1, 0.15) is 19.8 Å². The zero-order chi connectivity index (χ0) is 17.4. The Balaban J connectivity index is 1.72. The Morgan fingerprint density at radius 2 is 2.04 bits per heavy atom. The van der Waals surface area contributed by atoms with Crippen molar-refractivity contribution in [3.05, 3.63) is 29.3 Å². The zero-order valence-corrected chi connectivity index (χ0v) is 15.8. The molecule has 1 atom stereocenters. The molecule has 0 amide bonds. The van der Waals surface area contributed by atoms with E-state index in [-0.39, 0.29) is 15.5 Å². The van der Waals surface area contributed by atoms with Gasteiger partial charge in [0.25, 0.3) is 0 Å². The maximum Gasteiger partial charge on any atom is 0.244 e. The molecule has 2 heterocycles. The van der Waals surface area contributed by atoms with Gasteiger partial charge in [-0.1, -0.05) is 23.7 Å². The van der Waals surface area contributed by atoms with Crippen molar-refractivity contribution in [1.82, 2.24) is 9.21 Å². The zero-order valence-electron chi connectivity index (χ0n) is 14.2. The molecule has 0 unspecified atom stereocenters. The van der Waals surface area contributed by atoms with Crippen molar-refractivity contribution in [3.63, 3.8) is 0 Å². The summed E-state index contributed by atoms with van der Waals surface area (Å²) in [6.45, 7) is 5.54. The van der Waals surface area contributed by atoms with Gasteiger partial charge in [-0.3, -0.25) is 4.90 Å². The number of ether oxygens (including phenoxy) is 1. The van der Waals surface area contributed by atoms with Crippen molar-refractivity contribution >= 4 is 21.6 Å². The molecule has 0 N–H and O–H groups in total. The smallest absolute Gasteiger partial charge is 0.244 e. The summed E-state index contributed by atoms with van der Waals surface area (Å²) in [5.74, 6) is 0.506. The van der Waals surface area contributed by atoms with Gasteiger partial charge in [0, 0.05) is 31.8 Å². The lowest BCUT2D eigenvalue weighted by atomic mass is 9.77. The molecule has 1 aromatic carbocycles. The van der Waals surface area contributed by atoms with Crippen LogP contribution in [0.5, 0.6) is 0 Å². The molecule has 1 spiro atoms. The molecule has 134 valence electrons. The highest BCUT2D eigenvalue weighted by atomic mass is 35.5. The van der Waals surface area contributed by atoms with E-state index in [1.807, 2.05) is 6.92 Å². The quantitative estimate of drug-likeness (QED) is 0.796. The summed E-state index contributed by atoms with van der Waals surface area (Å²) in [4.78, 5) is 2.51. The summed E-state index contributed by atoms with van der Waals surface area (Å²) in [7, 11) is -1.43. The first kappa shape index (κ1) is 18.1. The maximum absolute atomic E-state index is 12.8. The molecule has 24 heavy (non-hydrogen) atoms. The molecule has 7 heteroatoms. The topological polar surface area (TPSA) is 49.9 Å². The minimum Gasteiger partial charge on any atom is -0.381 e. The van der Waals surface area contributed by atoms with Gasteiger partial charge in [0.1, 0.15) is 4.90 Å². The van der Waals surface area contributed by atoms with Gasteiger partial charge >= 0.3 is 0 Å². The predicted molar refractivity (Wildman–Crippen MR) is 94.8 cm³/mol. The normalized spacial score (nSPS) is 24.9. The average molecular weight is 373 g/mol. The SMILES string of the molecule is CCOC[C@H]1CCN(C)C2(C1)CN(S(=O)(=O)c1ccccc1Cl)C2. The molecule has 0 bridgehead atoms. The Labute approximate surface area is 149 Å². The molecule has 0 saturated carbocycles. The van der Waals surface area contributed by atoms with E-state index in [0.717, 1.165) is 32.6 Å². The van der Waals surface area contributed by atoms with E-state index >= 15 is 0 Å². The Hall–Kier alpha value is -0.660. The Bertz CT molecular complexity index is 687. The lowest BCUT2D eigenvalue weighted by Gasteiger charge is -2.57. The minimum atomic E-state index is -3.52. The van der Waals surface area contributed by atoms with E-state index in [4.69, 9.17) is 16.3 Å². The van der Waals surface area contributed by atoms with Crippen LogP contribution in [0.25, 0.3) is 0 Å². The molecule has 0 aliphatic carbocycles. The number of benzene rings is 1. The molecule has 0 aromatic heterocycles. The summed E-state index contributed by atoms with van der Waals surface area (Å²) in [6, 6.07) is 6.64. The van der Waals surface area contributed by atoms with E-state index in [9.17, 15) is 8.42 Å². The largest absolute Gasteiger partial charge is 0.381 e. The highest BCUT2D eigenvalue weighted by Crippen LogP contribution is 2.41. The van der Waals surface area contributed by atoms with Gasteiger partial charge in [-0.2, -0.15) is 4.31 Å².